The molecule has 0 aromatic carbocycles. The molecule has 0 aliphatic carbocycles. The Morgan fingerprint density at radius 1 is 1.25 bits per heavy atom. The van der Waals surface area contributed by atoms with Gasteiger partial charge < -0.3 is 5.11 Å². The van der Waals surface area contributed by atoms with Crippen LogP contribution in [0.25, 0.3) is 5.82 Å². The second-order valence-electron chi connectivity index (χ2n) is 3.47. The van der Waals surface area contributed by atoms with Gasteiger partial charge in [0.15, 0.2) is 0 Å². The number of carboxylic acid groups (broad SMARTS) is 1. The number of nitro groups is 2. The molecule has 2 rings (SSSR count). The predicted molar refractivity (Wildman–Crippen MR) is 61.6 cm³/mol. The zero-order valence-electron chi connectivity index (χ0n) is 9.53. The number of hydrogen-bond donors (Lipinski definition) is 1. The number of pyridine rings is 1. The van der Waals surface area contributed by atoms with Crippen molar-refractivity contribution in [2.75, 3.05) is 0 Å². The molecular weight excluding hydrogens is 274 g/mol. The van der Waals surface area contributed by atoms with E-state index in [0.717, 1.165) is 12.3 Å². The zero-order valence-corrected chi connectivity index (χ0v) is 9.53. The van der Waals surface area contributed by atoms with Crippen LogP contribution >= 0.6 is 0 Å². The summed E-state index contributed by atoms with van der Waals surface area (Å²) in [4.78, 5) is 34.4. The van der Waals surface area contributed by atoms with Crippen molar-refractivity contribution in [1.82, 2.24) is 14.8 Å². The van der Waals surface area contributed by atoms with E-state index in [9.17, 15) is 25.0 Å². The number of carboxylic acids is 1. The Balaban J connectivity index is 2.66. The average Bonchev–Trinajstić information content (AvgIpc) is 2.83. The third-order valence-corrected chi connectivity index (χ3v) is 2.27. The van der Waals surface area contributed by atoms with Crippen molar-refractivity contribution in [3.05, 3.63) is 50.4 Å². The first-order chi connectivity index (χ1) is 9.41. The summed E-state index contributed by atoms with van der Waals surface area (Å²) in [6.45, 7) is 0. The molecule has 11 heteroatoms. The van der Waals surface area contributed by atoms with Gasteiger partial charge in [-0.25, -0.2) is 14.5 Å². The molecule has 0 aliphatic rings. The van der Waals surface area contributed by atoms with Gasteiger partial charge in [-0.05, 0) is 6.07 Å². The van der Waals surface area contributed by atoms with Gasteiger partial charge in [0.05, 0.1) is 9.85 Å². The Morgan fingerprint density at radius 3 is 2.40 bits per heavy atom. The number of rotatable bonds is 4. The summed E-state index contributed by atoms with van der Waals surface area (Å²) in [5.41, 5.74) is -2.06. The quantitative estimate of drug-likeness (QED) is 0.635. The van der Waals surface area contributed by atoms with E-state index < -0.39 is 32.9 Å². The van der Waals surface area contributed by atoms with Crippen LogP contribution in [0.4, 0.5) is 11.4 Å². The molecule has 0 unspecified atom stereocenters. The van der Waals surface area contributed by atoms with E-state index in [4.69, 9.17) is 5.11 Å². The molecule has 0 fully saturated rings. The Labute approximate surface area is 109 Å². The van der Waals surface area contributed by atoms with Gasteiger partial charge in [0, 0.05) is 12.3 Å². The van der Waals surface area contributed by atoms with Crippen LogP contribution in [0.15, 0.2) is 24.5 Å². The lowest BCUT2D eigenvalue weighted by molar-refractivity contribution is -0.385. The molecule has 20 heavy (non-hydrogen) atoms. The molecule has 2 heterocycles. The highest BCUT2D eigenvalue weighted by atomic mass is 16.6. The van der Waals surface area contributed by atoms with Gasteiger partial charge in [-0.3, -0.25) is 20.2 Å². The molecule has 11 nitrogen and oxygen atoms in total. The van der Waals surface area contributed by atoms with Gasteiger partial charge in [-0.2, -0.15) is 5.10 Å². The van der Waals surface area contributed by atoms with Gasteiger partial charge in [-0.1, -0.05) is 0 Å². The molecule has 1 N–H and O–H groups in total. The smallest absolute Gasteiger partial charge is 0.363 e. The normalized spacial score (nSPS) is 10.2. The van der Waals surface area contributed by atoms with Crippen LogP contribution in [0.5, 0.6) is 0 Å². The van der Waals surface area contributed by atoms with Crippen molar-refractivity contribution in [1.29, 1.82) is 0 Å². The lowest BCUT2D eigenvalue weighted by Crippen LogP contribution is -2.05. The third kappa shape index (κ3) is 2.14. The highest BCUT2D eigenvalue weighted by Gasteiger charge is 2.28. The van der Waals surface area contributed by atoms with Crippen LogP contribution < -0.4 is 0 Å². The minimum atomic E-state index is -1.62. The van der Waals surface area contributed by atoms with Crippen molar-refractivity contribution >= 4 is 17.3 Å². The summed E-state index contributed by atoms with van der Waals surface area (Å²) >= 11 is 0. The number of aromatic carboxylic acids is 1. The number of nitrogens with zero attached hydrogens (tertiary/aromatic N) is 5. The monoisotopic (exact) mass is 279 g/mol. The van der Waals surface area contributed by atoms with E-state index >= 15 is 0 Å². The molecule has 2 aromatic heterocycles. The second kappa shape index (κ2) is 4.72. The fourth-order valence-corrected chi connectivity index (χ4v) is 1.47. The van der Waals surface area contributed by atoms with E-state index in [1.807, 2.05) is 0 Å². The maximum atomic E-state index is 10.9. The molecule has 0 saturated carbocycles. The molecule has 0 atom stereocenters. The average molecular weight is 279 g/mol. The molecule has 102 valence electrons. The van der Waals surface area contributed by atoms with E-state index in [0.29, 0.717) is 4.68 Å². The van der Waals surface area contributed by atoms with Gasteiger partial charge in [0.25, 0.3) is 0 Å². The fraction of sp³-hybridized carbons (Fsp3) is 0. The Bertz CT molecular complexity index is 692. The van der Waals surface area contributed by atoms with E-state index in [2.05, 4.69) is 10.1 Å². The summed E-state index contributed by atoms with van der Waals surface area (Å²) < 4.78 is 0.694. The topological polar surface area (TPSA) is 154 Å². The Kier molecular flexibility index (Phi) is 3.08. The predicted octanol–water partition coefficient (Wildman–Crippen LogP) is 0.782. The maximum Gasteiger partial charge on any atom is 0.363 e. The first-order valence-electron chi connectivity index (χ1n) is 4.99. The van der Waals surface area contributed by atoms with Crippen LogP contribution in [0.2, 0.25) is 0 Å². The summed E-state index contributed by atoms with van der Waals surface area (Å²) in [5, 5.41) is 33.8. The molecule has 0 radical (unpaired) electrons. The number of hydrogen-bond acceptors (Lipinski definition) is 7. The van der Waals surface area contributed by atoms with Gasteiger partial charge >= 0.3 is 17.3 Å². The second-order valence-corrected chi connectivity index (χ2v) is 3.47. The molecule has 0 amide bonds. The molecule has 0 aliphatic heterocycles. The van der Waals surface area contributed by atoms with E-state index in [1.54, 1.807) is 0 Å². The van der Waals surface area contributed by atoms with Crippen molar-refractivity contribution in [2.45, 2.75) is 0 Å². The summed E-state index contributed by atoms with van der Waals surface area (Å²) in [6, 6.07) is 2.42. The van der Waals surface area contributed by atoms with Crippen molar-refractivity contribution < 1.29 is 19.7 Å². The summed E-state index contributed by atoms with van der Waals surface area (Å²) in [5.74, 6) is -1.93. The van der Waals surface area contributed by atoms with E-state index in [-0.39, 0.29) is 5.82 Å². The van der Waals surface area contributed by atoms with Gasteiger partial charge in [0.2, 0.25) is 11.5 Å². The zero-order chi connectivity index (χ0) is 14.9. The Morgan fingerprint density at radius 2 is 1.90 bits per heavy atom. The van der Waals surface area contributed by atoms with Crippen LogP contribution in [0.1, 0.15) is 10.5 Å². The third-order valence-electron chi connectivity index (χ3n) is 2.27. The van der Waals surface area contributed by atoms with Crippen LogP contribution in [-0.2, 0) is 0 Å². The van der Waals surface area contributed by atoms with Crippen LogP contribution in [0, 0.1) is 20.2 Å². The number of carbonyl (C=O) groups is 1. The summed E-state index contributed by atoms with van der Waals surface area (Å²) in [7, 11) is 0. The lowest BCUT2D eigenvalue weighted by atomic mass is 10.4. The van der Waals surface area contributed by atoms with Crippen molar-refractivity contribution in [2.24, 2.45) is 0 Å². The van der Waals surface area contributed by atoms with Crippen LogP contribution in [-0.4, -0.2) is 35.7 Å². The minimum Gasteiger partial charge on any atom is -0.476 e. The fourth-order valence-electron chi connectivity index (χ4n) is 1.47. The first kappa shape index (κ1) is 13.1. The van der Waals surface area contributed by atoms with Crippen molar-refractivity contribution in [3.63, 3.8) is 0 Å². The largest absolute Gasteiger partial charge is 0.476 e. The molecule has 0 spiro atoms. The molecule has 0 saturated heterocycles. The Hall–Kier alpha value is -3.37. The van der Waals surface area contributed by atoms with E-state index in [1.165, 1.54) is 12.3 Å². The SMILES string of the molecule is O=C(O)c1nn(-c2ncccc2[N+](=O)[O-])cc1[N+](=O)[O-]. The summed E-state index contributed by atoms with van der Waals surface area (Å²) in [6.07, 6.45) is 1.98. The molecule has 2 aromatic rings. The lowest BCUT2D eigenvalue weighted by Gasteiger charge is -1.99. The standard InChI is InChI=1S/C9H5N5O6/c15-9(16)7-6(14(19)20)4-12(11-7)8-5(13(17)18)2-1-3-10-8/h1-4H,(H,15,16). The van der Waals surface area contributed by atoms with Crippen molar-refractivity contribution in [3.8, 4) is 5.82 Å². The highest BCUT2D eigenvalue weighted by molar-refractivity contribution is 5.90. The minimum absolute atomic E-state index is 0.312. The van der Waals surface area contributed by atoms with Gasteiger partial charge in [0.1, 0.15) is 6.20 Å². The van der Waals surface area contributed by atoms with Crippen LogP contribution in [0.3, 0.4) is 0 Å². The maximum absolute atomic E-state index is 10.9. The molecule has 0 bridgehead atoms. The first-order valence-corrected chi connectivity index (χ1v) is 4.99. The van der Waals surface area contributed by atoms with Gasteiger partial charge in [-0.15, -0.1) is 0 Å². The highest BCUT2D eigenvalue weighted by Crippen LogP contribution is 2.23. The number of aromatic nitrogens is 3. The molecular formula is C9H5N5O6.